The van der Waals surface area contributed by atoms with Gasteiger partial charge in [0, 0.05) is 0 Å². The highest BCUT2D eigenvalue weighted by molar-refractivity contribution is 7.92. The van der Waals surface area contributed by atoms with Gasteiger partial charge < -0.3 is 4.74 Å². The van der Waals surface area contributed by atoms with E-state index in [4.69, 9.17) is 4.74 Å². The number of esters is 1. The Hall–Kier alpha value is -1.69. The summed E-state index contributed by atoms with van der Waals surface area (Å²) in [7, 11) is -3.69. The Bertz CT molecular complexity index is 560. The predicted molar refractivity (Wildman–Crippen MR) is 65.1 cm³/mol. The van der Waals surface area contributed by atoms with Crippen LogP contribution in [0.3, 0.4) is 0 Å². The number of carbonyl (C=O) groups excluding carboxylic acids is 2. The van der Waals surface area contributed by atoms with E-state index in [0.717, 1.165) is 0 Å². The van der Waals surface area contributed by atoms with E-state index >= 15 is 0 Å². The Balaban J connectivity index is 3.09. The number of sulfone groups is 1. The van der Waals surface area contributed by atoms with E-state index in [1.807, 2.05) is 0 Å². The summed E-state index contributed by atoms with van der Waals surface area (Å²) in [6.07, 6.45) is 0. The normalized spacial score (nSPS) is 11.0. The molecule has 6 heteroatoms. The van der Waals surface area contributed by atoms with Crippen LogP contribution < -0.4 is 0 Å². The van der Waals surface area contributed by atoms with Crippen molar-refractivity contribution >= 4 is 21.6 Å². The third kappa shape index (κ3) is 3.66. The van der Waals surface area contributed by atoms with Gasteiger partial charge in [0.15, 0.2) is 9.84 Å². The van der Waals surface area contributed by atoms with Crippen molar-refractivity contribution in [2.24, 2.45) is 0 Å². The highest BCUT2D eigenvalue weighted by Crippen LogP contribution is 2.14. The molecule has 18 heavy (non-hydrogen) atoms. The van der Waals surface area contributed by atoms with Crippen LogP contribution in [0, 0.1) is 0 Å². The summed E-state index contributed by atoms with van der Waals surface area (Å²) in [5.41, 5.74) is 0.154. The first-order valence-corrected chi connectivity index (χ1v) is 7.01. The zero-order valence-corrected chi connectivity index (χ0v) is 11.0. The molecule has 0 saturated carbocycles. The molecule has 0 unspecified atom stereocenters. The summed E-state index contributed by atoms with van der Waals surface area (Å²) >= 11 is 0. The van der Waals surface area contributed by atoms with Crippen LogP contribution in [-0.4, -0.2) is 32.5 Å². The molecule has 0 aromatic heterocycles. The number of rotatable bonds is 5. The number of carbonyl (C=O) groups is 2. The summed E-state index contributed by atoms with van der Waals surface area (Å²) in [4.78, 5) is 22.3. The van der Waals surface area contributed by atoms with E-state index in [9.17, 15) is 18.0 Å². The van der Waals surface area contributed by atoms with Gasteiger partial charge in [-0.15, -0.1) is 0 Å². The van der Waals surface area contributed by atoms with Gasteiger partial charge in [0.25, 0.3) is 0 Å². The molecule has 0 N–H and O–H groups in total. The quantitative estimate of drug-likeness (QED) is 0.752. The minimum atomic E-state index is -3.69. The van der Waals surface area contributed by atoms with Gasteiger partial charge in [-0.05, 0) is 32.0 Å². The molecule has 98 valence electrons. The van der Waals surface area contributed by atoms with Crippen LogP contribution in [0.25, 0.3) is 0 Å². The number of hydrogen-bond donors (Lipinski definition) is 0. The second-order valence-corrected chi connectivity index (χ2v) is 5.70. The Morgan fingerprint density at radius 1 is 1.28 bits per heavy atom. The topological polar surface area (TPSA) is 77.5 Å². The maximum absolute atomic E-state index is 11.8. The molecule has 0 radical (unpaired) electrons. The van der Waals surface area contributed by atoms with E-state index < -0.39 is 27.3 Å². The minimum Gasteiger partial charge on any atom is -0.462 e. The van der Waals surface area contributed by atoms with Crippen LogP contribution in [0.5, 0.6) is 0 Å². The zero-order valence-electron chi connectivity index (χ0n) is 10.2. The smallest absolute Gasteiger partial charge is 0.338 e. The first-order valence-electron chi connectivity index (χ1n) is 5.36. The summed E-state index contributed by atoms with van der Waals surface area (Å²) in [5.74, 6) is -1.60. The molecule has 0 saturated heterocycles. The van der Waals surface area contributed by atoms with Crippen molar-refractivity contribution in [3.8, 4) is 0 Å². The Labute approximate surface area is 106 Å². The highest BCUT2D eigenvalue weighted by Gasteiger charge is 2.18. The third-order valence-corrected chi connectivity index (χ3v) is 3.86. The molecule has 0 amide bonds. The summed E-state index contributed by atoms with van der Waals surface area (Å²) in [6.45, 7) is 3.07. The SMILES string of the molecule is CCOC(=O)c1cccc(S(=O)(=O)CC(C)=O)c1. The van der Waals surface area contributed by atoms with Crippen molar-refractivity contribution in [3.63, 3.8) is 0 Å². The van der Waals surface area contributed by atoms with Crippen molar-refractivity contribution in [2.75, 3.05) is 12.4 Å². The first-order chi connectivity index (χ1) is 8.36. The Kier molecular flexibility index (Phi) is 4.61. The number of ether oxygens (including phenoxy) is 1. The second-order valence-electron chi connectivity index (χ2n) is 3.71. The molecule has 1 aromatic carbocycles. The standard InChI is InChI=1S/C12H14O5S/c1-3-17-12(14)10-5-4-6-11(7-10)18(15,16)8-9(2)13/h4-7H,3,8H2,1-2H3. The molecule has 0 fully saturated rings. The van der Waals surface area contributed by atoms with Gasteiger partial charge >= 0.3 is 5.97 Å². The van der Waals surface area contributed by atoms with Gasteiger partial charge in [0.2, 0.25) is 0 Å². The van der Waals surface area contributed by atoms with Gasteiger partial charge in [0.1, 0.15) is 11.5 Å². The highest BCUT2D eigenvalue weighted by atomic mass is 32.2. The molecule has 0 bridgehead atoms. The molecule has 0 aliphatic heterocycles. The van der Waals surface area contributed by atoms with E-state index in [2.05, 4.69) is 0 Å². The molecule has 1 aromatic rings. The van der Waals surface area contributed by atoms with E-state index in [-0.39, 0.29) is 17.1 Å². The second kappa shape index (κ2) is 5.77. The lowest BCUT2D eigenvalue weighted by Gasteiger charge is -2.05. The van der Waals surface area contributed by atoms with Gasteiger partial charge in [-0.25, -0.2) is 13.2 Å². The number of hydrogen-bond acceptors (Lipinski definition) is 5. The fourth-order valence-corrected chi connectivity index (χ4v) is 2.68. The molecule has 1 rings (SSSR count). The summed E-state index contributed by atoms with van der Waals surface area (Å²) in [5, 5.41) is 0. The molecule has 0 heterocycles. The largest absolute Gasteiger partial charge is 0.462 e. The maximum atomic E-state index is 11.8. The van der Waals surface area contributed by atoms with Crippen LogP contribution >= 0.6 is 0 Å². The maximum Gasteiger partial charge on any atom is 0.338 e. The Morgan fingerprint density at radius 2 is 1.94 bits per heavy atom. The number of benzene rings is 1. The van der Waals surface area contributed by atoms with Crippen LogP contribution in [-0.2, 0) is 19.4 Å². The van der Waals surface area contributed by atoms with Gasteiger partial charge in [-0.1, -0.05) is 6.07 Å². The molecule has 0 aliphatic carbocycles. The molecular formula is C12H14O5S. The fraction of sp³-hybridized carbons (Fsp3) is 0.333. The van der Waals surface area contributed by atoms with Gasteiger partial charge in [0.05, 0.1) is 17.1 Å². The van der Waals surface area contributed by atoms with Gasteiger partial charge in [-0.2, -0.15) is 0 Å². The monoisotopic (exact) mass is 270 g/mol. The predicted octanol–water partition coefficient (Wildman–Crippen LogP) is 1.23. The fourth-order valence-electron chi connectivity index (χ4n) is 1.38. The molecular weight excluding hydrogens is 256 g/mol. The molecule has 5 nitrogen and oxygen atoms in total. The van der Waals surface area contributed by atoms with E-state index in [1.54, 1.807) is 6.92 Å². The molecule has 0 atom stereocenters. The van der Waals surface area contributed by atoms with Crippen LogP contribution in [0.2, 0.25) is 0 Å². The first kappa shape index (κ1) is 14.4. The van der Waals surface area contributed by atoms with Crippen LogP contribution in [0.4, 0.5) is 0 Å². The van der Waals surface area contributed by atoms with Crippen LogP contribution in [0.1, 0.15) is 24.2 Å². The van der Waals surface area contributed by atoms with Crippen molar-refractivity contribution in [1.29, 1.82) is 0 Å². The molecule has 0 spiro atoms. The lowest BCUT2D eigenvalue weighted by Crippen LogP contribution is -2.14. The van der Waals surface area contributed by atoms with Crippen LogP contribution in [0.15, 0.2) is 29.2 Å². The number of Topliss-reactive ketones (excluding diaryl/α,β-unsaturated/α-hetero) is 1. The van der Waals surface area contributed by atoms with Gasteiger partial charge in [-0.3, -0.25) is 4.79 Å². The number of ketones is 1. The van der Waals surface area contributed by atoms with E-state index in [1.165, 1.54) is 31.2 Å². The van der Waals surface area contributed by atoms with Crippen molar-refractivity contribution in [1.82, 2.24) is 0 Å². The minimum absolute atomic E-state index is 0.0525. The summed E-state index contributed by atoms with van der Waals surface area (Å²) < 4.78 is 28.4. The average molecular weight is 270 g/mol. The summed E-state index contributed by atoms with van der Waals surface area (Å²) in [6, 6.07) is 5.47. The Morgan fingerprint density at radius 3 is 2.50 bits per heavy atom. The van der Waals surface area contributed by atoms with Crippen molar-refractivity contribution in [2.45, 2.75) is 18.7 Å². The van der Waals surface area contributed by atoms with E-state index in [0.29, 0.717) is 0 Å². The van der Waals surface area contributed by atoms with Crippen molar-refractivity contribution in [3.05, 3.63) is 29.8 Å². The van der Waals surface area contributed by atoms with Crippen molar-refractivity contribution < 1.29 is 22.7 Å². The zero-order chi connectivity index (χ0) is 13.8. The third-order valence-electron chi connectivity index (χ3n) is 2.10. The lowest BCUT2D eigenvalue weighted by molar-refractivity contribution is -0.114. The lowest BCUT2D eigenvalue weighted by atomic mass is 10.2. The molecule has 0 aliphatic rings. The average Bonchev–Trinajstić information content (AvgIpc) is 2.28.